The molecule has 1 heterocycles. The highest BCUT2D eigenvalue weighted by atomic mass is 32.1. The second-order valence-electron chi connectivity index (χ2n) is 7.42. The van der Waals surface area contributed by atoms with Crippen LogP contribution in [0.25, 0.3) is 0 Å². The van der Waals surface area contributed by atoms with Crippen molar-refractivity contribution in [2.24, 2.45) is 5.92 Å². The molecule has 0 spiro atoms. The summed E-state index contributed by atoms with van der Waals surface area (Å²) in [5.41, 5.74) is 0.852. The van der Waals surface area contributed by atoms with Gasteiger partial charge in [0.25, 0.3) is 0 Å². The topological polar surface area (TPSA) is 49.9 Å². The smallest absolute Gasteiger partial charge is 0.242 e. The number of ether oxygens (including phenoxy) is 1. The van der Waals surface area contributed by atoms with E-state index in [0.717, 1.165) is 23.3 Å². The van der Waals surface area contributed by atoms with Crippen LogP contribution >= 0.6 is 11.3 Å². The molecule has 1 aliphatic rings. The highest BCUT2D eigenvalue weighted by Gasteiger charge is 2.34. The molecule has 0 radical (unpaired) electrons. The Morgan fingerprint density at radius 3 is 2.41 bits per heavy atom. The Balaban J connectivity index is 1.73. The summed E-state index contributed by atoms with van der Waals surface area (Å²) in [6, 6.07) is 10.2. The highest BCUT2D eigenvalue weighted by Crippen LogP contribution is 2.31. The van der Waals surface area contributed by atoms with Crippen LogP contribution < -0.4 is 0 Å². The van der Waals surface area contributed by atoms with Crippen molar-refractivity contribution in [3.8, 4) is 0 Å². The number of methoxy groups -OCH3 is 1. The van der Waals surface area contributed by atoms with Crippen LogP contribution in [0.15, 0.2) is 36.4 Å². The van der Waals surface area contributed by atoms with Gasteiger partial charge >= 0.3 is 0 Å². The summed E-state index contributed by atoms with van der Waals surface area (Å²) < 4.78 is 18.4. The molecule has 0 atom stereocenters. The first-order valence-corrected chi connectivity index (χ1v) is 10.6. The molecule has 0 aliphatic heterocycles. The van der Waals surface area contributed by atoms with Crippen molar-refractivity contribution in [2.45, 2.75) is 32.9 Å². The molecule has 156 valence electrons. The van der Waals surface area contributed by atoms with Gasteiger partial charge in [-0.2, -0.15) is 0 Å². The van der Waals surface area contributed by atoms with E-state index >= 15 is 0 Å². The van der Waals surface area contributed by atoms with Crippen molar-refractivity contribution in [1.29, 1.82) is 0 Å². The van der Waals surface area contributed by atoms with Gasteiger partial charge in [-0.15, -0.1) is 11.3 Å². The Morgan fingerprint density at radius 2 is 1.83 bits per heavy atom. The van der Waals surface area contributed by atoms with Gasteiger partial charge < -0.3 is 14.5 Å². The van der Waals surface area contributed by atoms with E-state index in [2.05, 4.69) is 0 Å². The molecule has 5 nitrogen and oxygen atoms in total. The molecular weight excluding hydrogens is 391 g/mol. The lowest BCUT2D eigenvalue weighted by atomic mass is 10.2. The molecule has 1 saturated carbocycles. The molecule has 1 aromatic carbocycles. The molecule has 1 aliphatic carbocycles. The summed E-state index contributed by atoms with van der Waals surface area (Å²) in [5, 5.41) is 0. The average molecular weight is 419 g/mol. The maximum absolute atomic E-state index is 13.3. The molecule has 0 saturated heterocycles. The third kappa shape index (κ3) is 6.37. The van der Waals surface area contributed by atoms with Crippen LogP contribution in [0.5, 0.6) is 0 Å². The minimum atomic E-state index is -0.304. The van der Waals surface area contributed by atoms with Crippen molar-refractivity contribution >= 4 is 23.2 Å². The molecule has 0 unspecified atom stereocenters. The Bertz CT molecular complexity index is 833. The van der Waals surface area contributed by atoms with E-state index in [-0.39, 0.29) is 30.1 Å². The van der Waals surface area contributed by atoms with Crippen molar-refractivity contribution in [3.05, 3.63) is 57.5 Å². The SMILES string of the molecule is COCCN(CC(=O)N(Cc1ccc(F)cc1)Cc1ccc(C)s1)C(=O)C1CC1. The van der Waals surface area contributed by atoms with E-state index < -0.39 is 0 Å². The zero-order valence-electron chi connectivity index (χ0n) is 16.9. The van der Waals surface area contributed by atoms with E-state index in [4.69, 9.17) is 4.74 Å². The van der Waals surface area contributed by atoms with Gasteiger partial charge in [0, 0.05) is 35.9 Å². The van der Waals surface area contributed by atoms with Crippen LogP contribution in [-0.2, 0) is 27.4 Å². The minimum absolute atomic E-state index is 0.0316. The number of carbonyl (C=O) groups excluding carboxylic acids is 2. The van der Waals surface area contributed by atoms with Crippen molar-refractivity contribution in [1.82, 2.24) is 9.80 Å². The molecule has 1 fully saturated rings. The van der Waals surface area contributed by atoms with Gasteiger partial charge in [0.2, 0.25) is 11.8 Å². The predicted molar refractivity (Wildman–Crippen MR) is 111 cm³/mol. The second-order valence-corrected chi connectivity index (χ2v) is 8.79. The fourth-order valence-corrected chi connectivity index (χ4v) is 4.03. The van der Waals surface area contributed by atoms with Gasteiger partial charge in [0.1, 0.15) is 5.82 Å². The Hall–Kier alpha value is -2.25. The van der Waals surface area contributed by atoms with Gasteiger partial charge in [0.15, 0.2) is 0 Å². The summed E-state index contributed by atoms with van der Waals surface area (Å²) in [4.78, 5) is 31.4. The van der Waals surface area contributed by atoms with Gasteiger partial charge in [-0.1, -0.05) is 12.1 Å². The van der Waals surface area contributed by atoms with Crippen LogP contribution in [0.3, 0.4) is 0 Å². The highest BCUT2D eigenvalue weighted by molar-refractivity contribution is 7.11. The zero-order valence-corrected chi connectivity index (χ0v) is 17.7. The van der Waals surface area contributed by atoms with Crippen molar-refractivity contribution in [3.63, 3.8) is 0 Å². The van der Waals surface area contributed by atoms with Crippen LogP contribution in [0.4, 0.5) is 4.39 Å². The first kappa shape index (κ1) is 21.5. The maximum atomic E-state index is 13.3. The number of thiophene rings is 1. The first-order valence-electron chi connectivity index (χ1n) is 9.81. The summed E-state index contributed by atoms with van der Waals surface area (Å²) >= 11 is 1.65. The largest absolute Gasteiger partial charge is 0.383 e. The summed E-state index contributed by atoms with van der Waals surface area (Å²) in [5.74, 6) is -0.346. The number of hydrogen-bond donors (Lipinski definition) is 0. The van der Waals surface area contributed by atoms with E-state index in [1.54, 1.807) is 40.4 Å². The fraction of sp³-hybridized carbons (Fsp3) is 0.455. The number of carbonyl (C=O) groups is 2. The lowest BCUT2D eigenvalue weighted by molar-refractivity contribution is -0.142. The molecule has 0 bridgehead atoms. The molecule has 29 heavy (non-hydrogen) atoms. The molecule has 7 heteroatoms. The third-order valence-corrected chi connectivity index (χ3v) is 5.90. The Morgan fingerprint density at radius 1 is 1.10 bits per heavy atom. The van der Waals surface area contributed by atoms with Crippen LogP contribution in [0.1, 0.15) is 28.2 Å². The minimum Gasteiger partial charge on any atom is -0.383 e. The standard InChI is InChI=1S/C22H27FN2O3S/c1-16-3-10-20(29-16)14-25(13-17-4-8-19(23)9-5-17)21(26)15-24(11-12-28-2)22(27)18-6-7-18/h3-5,8-10,18H,6-7,11-15H2,1-2H3. The second kappa shape index (κ2) is 9.98. The Kier molecular flexibility index (Phi) is 7.39. The number of benzene rings is 1. The monoisotopic (exact) mass is 418 g/mol. The predicted octanol–water partition coefficient (Wildman–Crippen LogP) is 3.61. The molecular formula is C22H27FN2O3S. The van der Waals surface area contributed by atoms with E-state index in [1.807, 2.05) is 19.1 Å². The number of halogens is 1. The average Bonchev–Trinajstić information content (AvgIpc) is 3.48. The van der Waals surface area contributed by atoms with Crippen molar-refractivity contribution in [2.75, 3.05) is 26.8 Å². The van der Waals surface area contributed by atoms with Gasteiger partial charge in [-0.25, -0.2) is 4.39 Å². The summed E-state index contributed by atoms with van der Waals surface area (Å²) in [7, 11) is 1.58. The third-order valence-electron chi connectivity index (χ3n) is 4.91. The Labute approximate surface area is 175 Å². The molecule has 1 aromatic heterocycles. The molecule has 2 aromatic rings. The van der Waals surface area contributed by atoms with Crippen molar-refractivity contribution < 1.29 is 18.7 Å². The zero-order chi connectivity index (χ0) is 20.8. The quantitative estimate of drug-likeness (QED) is 0.592. The normalized spacial score (nSPS) is 13.3. The van der Waals surface area contributed by atoms with E-state index in [1.165, 1.54) is 17.0 Å². The van der Waals surface area contributed by atoms with Crippen LogP contribution in [0, 0.1) is 18.7 Å². The summed E-state index contributed by atoms with van der Waals surface area (Å²) in [6.45, 7) is 3.69. The van der Waals surface area contributed by atoms with Crippen LogP contribution in [-0.4, -0.2) is 48.4 Å². The molecule has 0 N–H and O–H groups in total. The lowest BCUT2D eigenvalue weighted by Crippen LogP contribution is -2.44. The van der Waals surface area contributed by atoms with Gasteiger partial charge in [-0.3, -0.25) is 9.59 Å². The fourth-order valence-electron chi connectivity index (χ4n) is 3.12. The maximum Gasteiger partial charge on any atom is 0.242 e. The number of hydrogen-bond acceptors (Lipinski definition) is 4. The lowest BCUT2D eigenvalue weighted by Gasteiger charge is -2.27. The van der Waals surface area contributed by atoms with E-state index in [9.17, 15) is 14.0 Å². The molecule has 3 rings (SSSR count). The van der Waals surface area contributed by atoms with E-state index in [0.29, 0.717) is 26.2 Å². The molecule has 2 amide bonds. The van der Waals surface area contributed by atoms with Gasteiger partial charge in [-0.05, 0) is 49.6 Å². The number of amides is 2. The number of rotatable bonds is 10. The first-order chi connectivity index (χ1) is 14.0. The van der Waals surface area contributed by atoms with Crippen LogP contribution in [0.2, 0.25) is 0 Å². The number of aryl methyl sites for hydroxylation is 1. The van der Waals surface area contributed by atoms with Gasteiger partial charge in [0.05, 0.1) is 19.7 Å². The number of nitrogens with zero attached hydrogens (tertiary/aromatic N) is 2. The summed E-state index contributed by atoms with van der Waals surface area (Å²) in [6.07, 6.45) is 1.79.